The summed E-state index contributed by atoms with van der Waals surface area (Å²) in [5.74, 6) is -3.79. The molecule has 0 aliphatic heterocycles. The smallest absolute Gasteiger partial charge is 0.418 e. The molecule has 0 N–H and O–H groups in total. The molecule has 9 aromatic rings. The number of esters is 4. The van der Waals surface area contributed by atoms with Gasteiger partial charge < -0.3 is 28.4 Å². The molecule has 8 aromatic carbocycles. The Bertz CT molecular complexity index is 3130. The number of rotatable bonds is 26. The van der Waals surface area contributed by atoms with Crippen molar-refractivity contribution < 1.29 is 57.2 Å². The highest BCUT2D eigenvalue weighted by Crippen LogP contribution is 2.27. The van der Waals surface area contributed by atoms with Gasteiger partial charge in [0, 0.05) is 31.7 Å². The predicted molar refractivity (Wildman–Crippen MR) is 321 cm³/mol. The first kappa shape index (κ1) is 59.9. The maximum absolute atomic E-state index is 15.2. The molecule has 0 aliphatic carbocycles. The predicted octanol–water partition coefficient (Wildman–Crippen LogP) is 12.1. The summed E-state index contributed by atoms with van der Waals surface area (Å²) < 4.78 is 35.9. The summed E-state index contributed by atoms with van der Waals surface area (Å²) in [6.07, 6.45) is -1.56. The summed E-state index contributed by atoms with van der Waals surface area (Å²) in [5, 5.41) is 0. The molecule has 2 amide bonds. The number of hydrogen-bond acceptors (Lipinski definition) is 13. The zero-order valence-electron chi connectivity index (χ0n) is 47.0. The molecule has 86 heavy (non-hydrogen) atoms. The van der Waals surface area contributed by atoms with Crippen LogP contribution in [0.15, 0.2) is 261 Å². The van der Waals surface area contributed by atoms with Crippen molar-refractivity contribution >= 4 is 36.1 Å². The van der Waals surface area contributed by atoms with Crippen molar-refractivity contribution in [2.45, 2.75) is 76.3 Å². The minimum Gasteiger partial charge on any atom is -0.459 e. The van der Waals surface area contributed by atoms with Gasteiger partial charge in [-0.2, -0.15) is 0 Å². The van der Waals surface area contributed by atoms with E-state index in [1.165, 1.54) is 12.1 Å². The van der Waals surface area contributed by atoms with Crippen molar-refractivity contribution in [3.05, 3.63) is 305 Å². The van der Waals surface area contributed by atoms with Crippen LogP contribution in [0.3, 0.4) is 0 Å². The van der Waals surface area contributed by atoms with E-state index >= 15 is 9.59 Å². The third-order valence-electron chi connectivity index (χ3n) is 13.9. The van der Waals surface area contributed by atoms with Crippen LogP contribution in [-0.4, -0.2) is 75.0 Å². The van der Waals surface area contributed by atoms with E-state index in [9.17, 15) is 19.2 Å². The molecule has 434 valence electrons. The third kappa shape index (κ3) is 17.7. The van der Waals surface area contributed by atoms with Crippen molar-refractivity contribution in [3.8, 4) is 11.6 Å². The third-order valence-corrected chi connectivity index (χ3v) is 13.9. The van der Waals surface area contributed by atoms with Gasteiger partial charge in [0.1, 0.15) is 50.6 Å². The Labute approximate surface area is 499 Å². The lowest BCUT2D eigenvalue weighted by Crippen LogP contribution is -2.57. The van der Waals surface area contributed by atoms with Crippen LogP contribution in [0.1, 0.15) is 44.5 Å². The van der Waals surface area contributed by atoms with Crippen LogP contribution in [-0.2, 0) is 90.2 Å². The fourth-order valence-corrected chi connectivity index (χ4v) is 9.56. The first-order chi connectivity index (χ1) is 42.1. The Morgan fingerprint density at radius 3 is 0.756 bits per heavy atom. The minimum absolute atomic E-state index is 0.0966. The highest BCUT2D eigenvalue weighted by atomic mass is 16.6. The second-order valence-corrected chi connectivity index (χ2v) is 20.1. The number of carbonyl (C=O) groups is 6. The van der Waals surface area contributed by atoms with E-state index < -0.39 is 60.2 Å². The van der Waals surface area contributed by atoms with E-state index in [1.54, 1.807) is 146 Å². The average Bonchev–Trinajstić information content (AvgIpc) is 2.48. The number of pyridine rings is 1. The fraction of sp³-hybridized carbons (Fsp3) is 0.169. The molecular formula is C71H63N3O12. The van der Waals surface area contributed by atoms with Gasteiger partial charge in [-0.05, 0) is 50.6 Å². The summed E-state index contributed by atoms with van der Waals surface area (Å²) in [6, 6.07) is 68.8. The number of hydrogen-bond donors (Lipinski definition) is 0. The van der Waals surface area contributed by atoms with Gasteiger partial charge in [0.2, 0.25) is 5.88 Å². The Morgan fingerprint density at radius 1 is 0.291 bits per heavy atom. The number of amides is 2. The van der Waals surface area contributed by atoms with Crippen molar-refractivity contribution in [1.29, 1.82) is 0 Å². The number of nitrogens with zero attached hydrogens (tertiary/aromatic N) is 3. The van der Waals surface area contributed by atoms with E-state index in [0.717, 1.165) is 16.0 Å². The zero-order valence-corrected chi connectivity index (χ0v) is 47.0. The van der Waals surface area contributed by atoms with Gasteiger partial charge in [-0.15, -0.1) is 0 Å². The van der Waals surface area contributed by atoms with Gasteiger partial charge in [0.15, 0.2) is 5.75 Å². The summed E-state index contributed by atoms with van der Waals surface area (Å²) in [6.45, 7) is -0.557. The minimum atomic E-state index is -1.47. The maximum atomic E-state index is 15.2. The molecule has 1 heterocycles. The highest BCUT2D eigenvalue weighted by molar-refractivity contribution is 5.89. The Kier molecular flexibility index (Phi) is 21.7. The van der Waals surface area contributed by atoms with Gasteiger partial charge in [-0.3, -0.25) is 9.80 Å². The molecule has 4 atom stereocenters. The van der Waals surface area contributed by atoms with E-state index in [2.05, 4.69) is 4.98 Å². The Balaban J connectivity index is 1.06. The van der Waals surface area contributed by atoms with Crippen molar-refractivity contribution in [1.82, 2.24) is 14.8 Å². The van der Waals surface area contributed by atoms with Gasteiger partial charge in [-0.25, -0.2) is 33.8 Å². The van der Waals surface area contributed by atoms with Crippen LogP contribution in [0, 0.1) is 0 Å². The molecule has 15 heteroatoms. The molecule has 0 radical (unpaired) electrons. The van der Waals surface area contributed by atoms with Crippen LogP contribution < -0.4 is 9.47 Å². The SMILES string of the molecule is O=C(OCc1ccccc1)C(Cc1ccccc1)N(C(=O)Oc1ccc(OC(=O)N(C(Cc2ccccc2)C(=O)OCc2ccccc2)C(Cc2ccccc2)C(=O)OCc2ccccc2)nc1)C(Cc1ccccc1)C(=O)OCc1ccccc1. The standard InChI is InChI=1S/C71H63N3O12/c75-66(81-48-56-33-17-5-18-34-56)61(43-52-25-9-1-10-26-52)73(62(44-53-27-11-2-12-28-53)67(76)82-49-57-35-19-6-20-36-57)70(79)85-60-41-42-65(72-47-60)86-71(80)74(63(45-54-29-13-3-14-30-54)68(77)83-50-58-37-21-7-22-38-58)64(46-55-31-15-4-16-32-55)69(78)84-51-59-39-23-8-24-40-59/h1-42,47,61-64H,43-46,48-51H2. The molecule has 4 unspecified atom stereocenters. The monoisotopic (exact) mass is 1150 g/mol. The number of aromatic nitrogens is 1. The van der Waals surface area contributed by atoms with Crippen molar-refractivity contribution in [2.24, 2.45) is 0 Å². The molecule has 0 saturated carbocycles. The lowest BCUT2D eigenvalue weighted by molar-refractivity contribution is -0.159. The molecule has 9 rings (SSSR count). The second-order valence-electron chi connectivity index (χ2n) is 20.1. The lowest BCUT2D eigenvalue weighted by atomic mass is 9.99. The number of ether oxygens (including phenoxy) is 6. The molecule has 0 bridgehead atoms. The Morgan fingerprint density at radius 2 is 0.523 bits per heavy atom. The fourth-order valence-electron chi connectivity index (χ4n) is 9.56. The Hall–Kier alpha value is -10.7. The van der Waals surface area contributed by atoms with E-state index in [-0.39, 0.29) is 63.7 Å². The molecule has 0 spiro atoms. The number of carbonyl (C=O) groups excluding carboxylic acids is 6. The second kappa shape index (κ2) is 31.1. The first-order valence-corrected chi connectivity index (χ1v) is 28.1. The molecule has 0 fully saturated rings. The van der Waals surface area contributed by atoms with Crippen molar-refractivity contribution in [3.63, 3.8) is 0 Å². The molecule has 15 nitrogen and oxygen atoms in total. The first-order valence-electron chi connectivity index (χ1n) is 28.1. The van der Waals surface area contributed by atoms with Gasteiger partial charge in [0.25, 0.3) is 0 Å². The van der Waals surface area contributed by atoms with Gasteiger partial charge >= 0.3 is 36.1 Å². The van der Waals surface area contributed by atoms with E-state index in [4.69, 9.17) is 28.4 Å². The van der Waals surface area contributed by atoms with Crippen molar-refractivity contribution in [2.75, 3.05) is 0 Å². The van der Waals surface area contributed by atoms with Crippen LogP contribution in [0.25, 0.3) is 0 Å². The largest absolute Gasteiger partial charge is 0.459 e. The zero-order chi connectivity index (χ0) is 59.7. The highest BCUT2D eigenvalue weighted by Gasteiger charge is 2.44. The topological polar surface area (TPSA) is 177 Å². The van der Waals surface area contributed by atoms with Gasteiger partial charge in [-0.1, -0.05) is 243 Å². The molecule has 0 saturated heterocycles. The van der Waals surface area contributed by atoms with Crippen LogP contribution in [0.4, 0.5) is 9.59 Å². The molecule has 1 aromatic heterocycles. The van der Waals surface area contributed by atoms with Crippen LogP contribution in [0.2, 0.25) is 0 Å². The number of benzene rings is 8. The summed E-state index contributed by atoms with van der Waals surface area (Å²) in [7, 11) is 0. The quantitative estimate of drug-likeness (QED) is 0.0370. The molecule has 0 aliphatic rings. The molecular weight excluding hydrogens is 1090 g/mol. The van der Waals surface area contributed by atoms with Gasteiger partial charge in [0.05, 0.1) is 6.20 Å². The summed E-state index contributed by atoms with van der Waals surface area (Å²) >= 11 is 0. The lowest BCUT2D eigenvalue weighted by Gasteiger charge is -2.35. The van der Waals surface area contributed by atoms with Crippen LogP contribution in [0.5, 0.6) is 11.6 Å². The van der Waals surface area contributed by atoms with E-state index in [1.807, 2.05) is 97.1 Å². The maximum Gasteiger partial charge on any atom is 0.418 e. The normalized spacial score (nSPS) is 12.2. The van der Waals surface area contributed by atoms with E-state index in [0.29, 0.717) is 44.5 Å². The van der Waals surface area contributed by atoms with Crippen LogP contribution >= 0.6 is 0 Å². The average molecular weight is 1150 g/mol. The summed E-state index contributed by atoms with van der Waals surface area (Å²) in [4.78, 5) is 95.8. The summed E-state index contributed by atoms with van der Waals surface area (Å²) in [5.41, 5.74) is 5.35.